The fourth-order valence-electron chi connectivity index (χ4n) is 2.57. The van der Waals surface area contributed by atoms with Gasteiger partial charge in [-0.2, -0.15) is 0 Å². The molecule has 0 atom stereocenters. The van der Waals surface area contributed by atoms with Crippen LogP contribution in [0.2, 0.25) is 0 Å². The Hall–Kier alpha value is -2.73. The van der Waals surface area contributed by atoms with E-state index in [1.165, 1.54) is 13.1 Å². The van der Waals surface area contributed by atoms with Crippen molar-refractivity contribution in [3.8, 4) is 0 Å². The van der Waals surface area contributed by atoms with Gasteiger partial charge in [0.2, 0.25) is 0 Å². The van der Waals surface area contributed by atoms with Gasteiger partial charge >= 0.3 is 0 Å². The molecule has 1 N–H and O–H groups in total. The fourth-order valence-corrected chi connectivity index (χ4v) is 2.57. The zero-order chi connectivity index (χ0) is 16.9. The van der Waals surface area contributed by atoms with Crippen LogP contribution in [0.3, 0.4) is 0 Å². The zero-order valence-electron chi connectivity index (χ0n) is 13.5. The lowest BCUT2D eigenvalue weighted by Crippen LogP contribution is -2.36. The highest BCUT2D eigenvalue weighted by Gasteiger charge is 2.14. The number of rotatable bonds is 4. The molecule has 1 aliphatic rings. The van der Waals surface area contributed by atoms with Crippen LogP contribution in [0, 0.1) is 0 Å². The van der Waals surface area contributed by atoms with Gasteiger partial charge in [-0.3, -0.25) is 14.6 Å². The number of hydrogen-bond acceptors (Lipinski definition) is 5. The van der Waals surface area contributed by atoms with Gasteiger partial charge < -0.3 is 15.0 Å². The molecule has 0 radical (unpaired) electrons. The number of benzene rings is 1. The smallest absolute Gasteiger partial charge is 0.257 e. The number of nitrogens with zero attached hydrogens (tertiary/aromatic N) is 2. The van der Waals surface area contributed by atoms with Gasteiger partial charge in [0.15, 0.2) is 5.78 Å². The average Bonchev–Trinajstić information content (AvgIpc) is 2.63. The monoisotopic (exact) mass is 325 g/mol. The molecule has 6 heteroatoms. The van der Waals surface area contributed by atoms with Crippen molar-refractivity contribution < 1.29 is 14.3 Å². The number of ether oxygens (including phenoxy) is 1. The molecule has 2 heterocycles. The number of carbonyl (C=O) groups is 2. The molecule has 3 rings (SSSR count). The molecule has 0 saturated carbocycles. The maximum absolute atomic E-state index is 12.5. The van der Waals surface area contributed by atoms with Crippen LogP contribution < -0.4 is 10.2 Å². The SMILES string of the molecule is CC(=O)c1cccc(NC(=O)c2cncc(N3CCOCC3)c2)c1. The second-order valence-electron chi connectivity index (χ2n) is 5.62. The minimum absolute atomic E-state index is 0.0397. The third-order valence-corrected chi connectivity index (χ3v) is 3.89. The minimum atomic E-state index is -0.252. The van der Waals surface area contributed by atoms with E-state index in [9.17, 15) is 9.59 Å². The molecule has 6 nitrogen and oxygen atoms in total. The molecular formula is C18H19N3O3. The highest BCUT2D eigenvalue weighted by Crippen LogP contribution is 2.18. The molecular weight excluding hydrogens is 306 g/mol. The molecule has 1 amide bonds. The Morgan fingerprint density at radius 2 is 1.92 bits per heavy atom. The average molecular weight is 325 g/mol. The summed E-state index contributed by atoms with van der Waals surface area (Å²) in [5, 5.41) is 2.81. The third-order valence-electron chi connectivity index (χ3n) is 3.89. The van der Waals surface area contributed by atoms with Gasteiger partial charge in [-0.1, -0.05) is 12.1 Å². The van der Waals surface area contributed by atoms with Crippen molar-refractivity contribution >= 4 is 23.1 Å². The molecule has 1 aromatic heterocycles. The standard InChI is InChI=1S/C18H19N3O3/c1-13(22)14-3-2-4-16(9-14)20-18(23)15-10-17(12-19-11-15)21-5-7-24-8-6-21/h2-4,9-12H,5-8H2,1H3,(H,20,23). The van der Waals surface area contributed by atoms with Gasteiger partial charge in [0.25, 0.3) is 5.91 Å². The van der Waals surface area contributed by atoms with Gasteiger partial charge in [0.05, 0.1) is 30.7 Å². The number of nitrogens with one attached hydrogen (secondary N) is 1. The topological polar surface area (TPSA) is 71.5 Å². The number of aromatic nitrogens is 1. The van der Waals surface area contributed by atoms with E-state index in [-0.39, 0.29) is 11.7 Å². The number of hydrogen-bond donors (Lipinski definition) is 1. The van der Waals surface area contributed by atoms with Crippen LogP contribution in [0.25, 0.3) is 0 Å². The minimum Gasteiger partial charge on any atom is -0.378 e. The summed E-state index contributed by atoms with van der Waals surface area (Å²) in [5.41, 5.74) is 2.54. The molecule has 0 bridgehead atoms. The molecule has 0 unspecified atom stereocenters. The third kappa shape index (κ3) is 3.78. The molecule has 0 spiro atoms. The Morgan fingerprint density at radius 1 is 1.12 bits per heavy atom. The number of amides is 1. The normalized spacial score (nSPS) is 14.3. The summed E-state index contributed by atoms with van der Waals surface area (Å²) in [6.45, 7) is 4.42. The summed E-state index contributed by atoms with van der Waals surface area (Å²) < 4.78 is 5.34. The van der Waals surface area contributed by atoms with E-state index in [0.717, 1.165) is 18.8 Å². The summed E-state index contributed by atoms with van der Waals surface area (Å²) in [4.78, 5) is 30.2. The first kappa shape index (κ1) is 16.1. The molecule has 2 aromatic rings. The van der Waals surface area contributed by atoms with Crippen LogP contribution in [0.1, 0.15) is 27.6 Å². The largest absolute Gasteiger partial charge is 0.378 e. The number of pyridine rings is 1. The van der Waals surface area contributed by atoms with E-state index in [0.29, 0.717) is 30.0 Å². The fraction of sp³-hybridized carbons (Fsp3) is 0.278. The van der Waals surface area contributed by atoms with Crippen molar-refractivity contribution in [1.82, 2.24) is 4.98 Å². The van der Waals surface area contributed by atoms with E-state index in [2.05, 4.69) is 15.2 Å². The first-order chi connectivity index (χ1) is 11.6. The highest BCUT2D eigenvalue weighted by molar-refractivity contribution is 6.05. The van der Waals surface area contributed by atoms with Crippen LogP contribution >= 0.6 is 0 Å². The van der Waals surface area contributed by atoms with E-state index in [1.807, 2.05) is 6.07 Å². The summed E-state index contributed by atoms with van der Waals surface area (Å²) >= 11 is 0. The predicted molar refractivity (Wildman–Crippen MR) is 91.7 cm³/mol. The van der Waals surface area contributed by atoms with E-state index >= 15 is 0 Å². The molecule has 1 aromatic carbocycles. The maximum Gasteiger partial charge on any atom is 0.257 e. The summed E-state index contributed by atoms with van der Waals surface area (Å²) in [5.74, 6) is -0.291. The zero-order valence-corrected chi connectivity index (χ0v) is 13.5. The number of Topliss-reactive ketones (excluding diaryl/α,β-unsaturated/α-hetero) is 1. The van der Waals surface area contributed by atoms with Crippen molar-refractivity contribution in [2.45, 2.75) is 6.92 Å². The molecule has 24 heavy (non-hydrogen) atoms. The highest BCUT2D eigenvalue weighted by atomic mass is 16.5. The van der Waals surface area contributed by atoms with Crippen molar-refractivity contribution in [1.29, 1.82) is 0 Å². The number of anilines is 2. The molecule has 124 valence electrons. The quantitative estimate of drug-likeness (QED) is 0.874. The van der Waals surface area contributed by atoms with Gasteiger partial charge in [0.1, 0.15) is 0 Å². The summed E-state index contributed by atoms with van der Waals surface area (Å²) in [7, 11) is 0. The van der Waals surface area contributed by atoms with Gasteiger partial charge in [-0.05, 0) is 25.1 Å². The van der Waals surface area contributed by atoms with E-state index in [1.54, 1.807) is 30.5 Å². The van der Waals surface area contributed by atoms with Crippen LogP contribution in [0.4, 0.5) is 11.4 Å². The van der Waals surface area contributed by atoms with Crippen molar-refractivity contribution in [3.05, 3.63) is 53.9 Å². The molecule has 1 fully saturated rings. The molecule has 1 aliphatic heterocycles. The summed E-state index contributed by atoms with van der Waals surface area (Å²) in [6.07, 6.45) is 3.28. The van der Waals surface area contributed by atoms with Gasteiger partial charge in [-0.25, -0.2) is 0 Å². The predicted octanol–water partition coefficient (Wildman–Crippen LogP) is 2.37. The first-order valence-corrected chi connectivity index (χ1v) is 7.83. The van der Waals surface area contributed by atoms with Crippen LogP contribution in [-0.4, -0.2) is 43.0 Å². The Morgan fingerprint density at radius 3 is 2.67 bits per heavy atom. The van der Waals surface area contributed by atoms with Crippen molar-refractivity contribution in [2.24, 2.45) is 0 Å². The maximum atomic E-state index is 12.5. The van der Waals surface area contributed by atoms with E-state index < -0.39 is 0 Å². The second-order valence-corrected chi connectivity index (χ2v) is 5.62. The van der Waals surface area contributed by atoms with Crippen LogP contribution in [0.15, 0.2) is 42.7 Å². The van der Waals surface area contributed by atoms with Crippen LogP contribution in [-0.2, 0) is 4.74 Å². The van der Waals surface area contributed by atoms with Gasteiger partial charge in [-0.15, -0.1) is 0 Å². The Labute approximate surface area is 140 Å². The Kier molecular flexibility index (Phi) is 4.86. The summed E-state index contributed by atoms with van der Waals surface area (Å²) in [6, 6.07) is 8.71. The molecule has 1 saturated heterocycles. The van der Waals surface area contributed by atoms with Crippen molar-refractivity contribution in [2.75, 3.05) is 36.5 Å². The number of morpholine rings is 1. The molecule has 0 aliphatic carbocycles. The number of carbonyl (C=O) groups excluding carboxylic acids is 2. The lowest BCUT2D eigenvalue weighted by molar-refractivity contribution is 0.101. The second kappa shape index (κ2) is 7.23. The van der Waals surface area contributed by atoms with Gasteiger partial charge in [0, 0.05) is 30.5 Å². The lowest BCUT2D eigenvalue weighted by atomic mass is 10.1. The van der Waals surface area contributed by atoms with Crippen LogP contribution in [0.5, 0.6) is 0 Å². The first-order valence-electron chi connectivity index (χ1n) is 7.83. The lowest BCUT2D eigenvalue weighted by Gasteiger charge is -2.28. The van der Waals surface area contributed by atoms with E-state index in [4.69, 9.17) is 4.74 Å². The van der Waals surface area contributed by atoms with Crippen molar-refractivity contribution in [3.63, 3.8) is 0 Å². The Bertz CT molecular complexity index is 755. The number of ketones is 1. The Balaban J connectivity index is 1.75.